The molecule has 2 rings (SSSR count). The average molecular weight is 259 g/mol. The fourth-order valence-corrected chi connectivity index (χ4v) is 2.02. The Balaban J connectivity index is 2.18. The van der Waals surface area contributed by atoms with E-state index in [0.717, 1.165) is 16.3 Å². The molecule has 0 fully saturated rings. The molecule has 0 aromatic heterocycles. The van der Waals surface area contributed by atoms with Crippen molar-refractivity contribution in [3.05, 3.63) is 42.0 Å². The van der Waals surface area contributed by atoms with E-state index in [-0.39, 0.29) is 6.04 Å². The summed E-state index contributed by atoms with van der Waals surface area (Å²) in [6.45, 7) is 6.82. The van der Waals surface area contributed by atoms with Gasteiger partial charge in [0.05, 0.1) is 12.6 Å². The van der Waals surface area contributed by atoms with Gasteiger partial charge in [-0.05, 0) is 18.2 Å². The molecule has 0 heterocycles. The summed E-state index contributed by atoms with van der Waals surface area (Å²) in [6, 6.07) is 11.7. The summed E-state index contributed by atoms with van der Waals surface area (Å²) < 4.78 is 0. The first-order chi connectivity index (χ1) is 9.09. The van der Waals surface area contributed by atoms with Crippen LogP contribution in [0.25, 0.3) is 10.8 Å². The maximum absolute atomic E-state index is 10.3. The molecule has 0 radical (unpaired) electrons. The highest BCUT2D eigenvalue weighted by atomic mass is 16.6. The van der Waals surface area contributed by atoms with Gasteiger partial charge in [-0.25, -0.2) is 0 Å². The lowest BCUT2D eigenvalue weighted by molar-refractivity contribution is 0.00372. The van der Waals surface area contributed by atoms with Crippen molar-refractivity contribution < 1.29 is 9.94 Å². The monoisotopic (exact) mass is 259 g/mol. The van der Waals surface area contributed by atoms with Gasteiger partial charge in [0.15, 0.2) is 0 Å². The van der Waals surface area contributed by atoms with Gasteiger partial charge < -0.3 is 9.94 Å². The molecule has 0 amide bonds. The third-order valence-electron chi connectivity index (χ3n) is 3.08. The number of fused-ring (bicyclic) bond motifs is 1. The molecule has 0 aliphatic carbocycles. The van der Waals surface area contributed by atoms with Gasteiger partial charge in [-0.2, -0.15) is 5.48 Å². The number of hydrogen-bond acceptors (Lipinski definition) is 3. The number of nitrogens with one attached hydrogen (secondary N) is 1. The van der Waals surface area contributed by atoms with Crippen LogP contribution in [0.3, 0.4) is 0 Å². The summed E-state index contributed by atoms with van der Waals surface area (Å²) >= 11 is 0. The predicted molar refractivity (Wildman–Crippen MR) is 78.0 cm³/mol. The highest BCUT2D eigenvalue weighted by Gasteiger charge is 2.12. The molecule has 2 N–H and O–H groups in total. The van der Waals surface area contributed by atoms with E-state index >= 15 is 0 Å². The highest BCUT2D eigenvalue weighted by Crippen LogP contribution is 2.32. The summed E-state index contributed by atoms with van der Waals surface area (Å²) in [7, 11) is 0. The zero-order valence-corrected chi connectivity index (χ0v) is 11.7. The minimum atomic E-state index is -0.0524. The Kier molecular flexibility index (Phi) is 4.40. The maximum Gasteiger partial charge on any atom is 0.128 e. The molecule has 0 saturated heterocycles. The van der Waals surface area contributed by atoms with Gasteiger partial charge in [0.25, 0.3) is 0 Å². The lowest BCUT2D eigenvalue weighted by atomic mass is 10.0. The fraction of sp³-hybridized carbons (Fsp3) is 0.375. The molecule has 1 atom stereocenters. The van der Waals surface area contributed by atoms with Crippen LogP contribution in [-0.2, 0) is 4.84 Å². The molecule has 0 saturated carbocycles. The van der Waals surface area contributed by atoms with Gasteiger partial charge in [-0.15, -0.1) is 0 Å². The number of hydrogen-bond donors (Lipinski definition) is 2. The first-order valence-corrected chi connectivity index (χ1v) is 6.67. The Bertz CT molecular complexity index is 551. The molecule has 0 bridgehead atoms. The quantitative estimate of drug-likeness (QED) is 0.803. The van der Waals surface area contributed by atoms with Crippen molar-refractivity contribution in [2.24, 2.45) is 5.92 Å². The van der Waals surface area contributed by atoms with Crippen molar-refractivity contribution in [3.63, 3.8) is 0 Å². The summed E-state index contributed by atoms with van der Waals surface area (Å²) in [6.07, 6.45) is 0. The Morgan fingerprint density at radius 3 is 2.58 bits per heavy atom. The number of phenols is 1. The minimum Gasteiger partial charge on any atom is -0.507 e. The van der Waals surface area contributed by atoms with Gasteiger partial charge in [-0.3, -0.25) is 0 Å². The second-order valence-corrected chi connectivity index (χ2v) is 5.27. The van der Waals surface area contributed by atoms with Crippen LogP contribution in [0.4, 0.5) is 0 Å². The predicted octanol–water partition coefficient (Wildman–Crippen LogP) is 3.78. The Morgan fingerprint density at radius 2 is 1.84 bits per heavy atom. The average Bonchev–Trinajstić information content (AvgIpc) is 2.39. The largest absolute Gasteiger partial charge is 0.507 e. The fourth-order valence-electron chi connectivity index (χ4n) is 2.02. The second-order valence-electron chi connectivity index (χ2n) is 5.27. The lowest BCUT2D eigenvalue weighted by Gasteiger charge is -2.17. The Labute approximate surface area is 114 Å². The number of rotatable bonds is 5. The van der Waals surface area contributed by atoms with Crippen molar-refractivity contribution in [1.29, 1.82) is 0 Å². The molecule has 2 aromatic rings. The summed E-state index contributed by atoms with van der Waals surface area (Å²) in [5.74, 6) is 0.802. The van der Waals surface area contributed by atoms with E-state index in [2.05, 4.69) is 19.3 Å². The lowest BCUT2D eigenvalue weighted by Crippen LogP contribution is -2.21. The van der Waals surface area contributed by atoms with Crippen LogP contribution in [0.1, 0.15) is 32.4 Å². The third-order valence-corrected chi connectivity index (χ3v) is 3.08. The number of aromatic hydroxyl groups is 1. The molecule has 3 nitrogen and oxygen atoms in total. The summed E-state index contributed by atoms with van der Waals surface area (Å²) in [5, 5.41) is 12.2. The van der Waals surface area contributed by atoms with Crippen LogP contribution in [0.5, 0.6) is 5.75 Å². The SMILES string of the molecule is CC(C)CONC(C)c1ccc2ccccc2c1O. The highest BCUT2D eigenvalue weighted by molar-refractivity contribution is 5.89. The van der Waals surface area contributed by atoms with Crippen LogP contribution in [0, 0.1) is 5.92 Å². The van der Waals surface area contributed by atoms with Gasteiger partial charge in [0, 0.05) is 10.9 Å². The third kappa shape index (κ3) is 3.25. The molecule has 2 aromatic carbocycles. The maximum atomic E-state index is 10.3. The van der Waals surface area contributed by atoms with E-state index in [0.29, 0.717) is 18.3 Å². The van der Waals surface area contributed by atoms with Crippen LogP contribution < -0.4 is 5.48 Å². The van der Waals surface area contributed by atoms with E-state index in [1.165, 1.54) is 0 Å². The molecule has 102 valence electrons. The first kappa shape index (κ1) is 13.8. The molecule has 0 aliphatic heterocycles. The molecule has 19 heavy (non-hydrogen) atoms. The Hall–Kier alpha value is -1.58. The number of benzene rings is 2. The van der Waals surface area contributed by atoms with Crippen LogP contribution in [0.15, 0.2) is 36.4 Å². The van der Waals surface area contributed by atoms with Gasteiger partial charge in [0.2, 0.25) is 0 Å². The molecular formula is C16H21NO2. The molecule has 1 unspecified atom stereocenters. The van der Waals surface area contributed by atoms with E-state index in [1.54, 1.807) is 0 Å². The van der Waals surface area contributed by atoms with Crippen molar-refractivity contribution >= 4 is 10.8 Å². The van der Waals surface area contributed by atoms with E-state index in [9.17, 15) is 5.11 Å². The normalized spacial score (nSPS) is 13.1. The molecular weight excluding hydrogens is 238 g/mol. The minimum absolute atomic E-state index is 0.0524. The van der Waals surface area contributed by atoms with Crippen LogP contribution >= 0.6 is 0 Å². The van der Waals surface area contributed by atoms with Gasteiger partial charge in [-0.1, -0.05) is 50.2 Å². The summed E-state index contributed by atoms with van der Waals surface area (Å²) in [5.41, 5.74) is 3.83. The van der Waals surface area contributed by atoms with Gasteiger partial charge in [0.1, 0.15) is 5.75 Å². The van der Waals surface area contributed by atoms with Crippen LogP contribution in [-0.4, -0.2) is 11.7 Å². The van der Waals surface area contributed by atoms with Crippen LogP contribution in [0.2, 0.25) is 0 Å². The second kappa shape index (κ2) is 6.04. The van der Waals surface area contributed by atoms with Crippen molar-refractivity contribution in [2.45, 2.75) is 26.8 Å². The van der Waals surface area contributed by atoms with Crippen molar-refractivity contribution in [1.82, 2.24) is 5.48 Å². The molecule has 0 spiro atoms. The van der Waals surface area contributed by atoms with Crippen molar-refractivity contribution in [3.8, 4) is 5.75 Å². The zero-order valence-electron chi connectivity index (χ0n) is 11.7. The van der Waals surface area contributed by atoms with E-state index in [4.69, 9.17) is 4.84 Å². The number of phenolic OH excluding ortho intramolecular Hbond substituents is 1. The van der Waals surface area contributed by atoms with Gasteiger partial charge >= 0.3 is 0 Å². The zero-order chi connectivity index (χ0) is 13.8. The number of hydroxylamine groups is 1. The van der Waals surface area contributed by atoms with E-state index in [1.807, 2.05) is 43.3 Å². The molecule has 0 aliphatic rings. The standard InChI is InChI=1S/C16H21NO2/c1-11(2)10-19-17-12(3)14-9-8-13-6-4-5-7-15(13)16(14)18/h4-9,11-12,17-18H,10H2,1-3H3. The summed E-state index contributed by atoms with van der Waals surface area (Å²) in [4.78, 5) is 5.42. The Morgan fingerprint density at radius 1 is 1.11 bits per heavy atom. The smallest absolute Gasteiger partial charge is 0.128 e. The molecule has 3 heteroatoms. The van der Waals surface area contributed by atoms with E-state index < -0.39 is 0 Å². The topological polar surface area (TPSA) is 41.5 Å². The van der Waals surface area contributed by atoms with Crippen molar-refractivity contribution in [2.75, 3.05) is 6.61 Å². The first-order valence-electron chi connectivity index (χ1n) is 6.67.